The normalized spacial score (nSPS) is 20.7. The van der Waals surface area contributed by atoms with Crippen LogP contribution in [0.25, 0.3) is 0 Å². The fourth-order valence-corrected chi connectivity index (χ4v) is 2.80. The summed E-state index contributed by atoms with van der Waals surface area (Å²) in [5, 5.41) is 0. The van der Waals surface area contributed by atoms with Crippen molar-refractivity contribution in [2.24, 2.45) is 11.8 Å². The standard InChI is InChI=1S/C16H26N2/c1-13(2)15-9-11-18(12-15)10-3-4-14-5-7-16(17)8-6-14/h5-8,13,15H,3-4,9-12,17H2,1-2H3. The van der Waals surface area contributed by atoms with Gasteiger partial charge in [-0.05, 0) is 61.9 Å². The first kappa shape index (κ1) is 13.4. The second kappa shape index (κ2) is 6.24. The van der Waals surface area contributed by atoms with Crippen molar-refractivity contribution in [2.45, 2.75) is 33.1 Å². The molecule has 2 nitrogen and oxygen atoms in total. The zero-order chi connectivity index (χ0) is 13.0. The van der Waals surface area contributed by atoms with E-state index in [1.165, 1.54) is 44.5 Å². The highest BCUT2D eigenvalue weighted by Gasteiger charge is 2.23. The zero-order valence-corrected chi connectivity index (χ0v) is 11.7. The Morgan fingerprint density at radius 3 is 2.61 bits per heavy atom. The third-order valence-corrected chi connectivity index (χ3v) is 4.17. The molecule has 1 fully saturated rings. The number of nitrogens with zero attached hydrogens (tertiary/aromatic N) is 1. The number of aryl methyl sites for hydroxylation is 1. The summed E-state index contributed by atoms with van der Waals surface area (Å²) < 4.78 is 0. The van der Waals surface area contributed by atoms with Crippen LogP contribution in [-0.2, 0) is 6.42 Å². The van der Waals surface area contributed by atoms with E-state index in [1.807, 2.05) is 12.1 Å². The second-order valence-electron chi connectivity index (χ2n) is 5.94. The lowest BCUT2D eigenvalue weighted by Gasteiger charge is -2.17. The molecule has 2 N–H and O–H groups in total. The molecule has 0 aliphatic carbocycles. The lowest BCUT2D eigenvalue weighted by atomic mass is 9.95. The van der Waals surface area contributed by atoms with Crippen molar-refractivity contribution in [1.29, 1.82) is 0 Å². The summed E-state index contributed by atoms with van der Waals surface area (Å²) in [4.78, 5) is 2.63. The number of likely N-dealkylation sites (tertiary alicyclic amines) is 1. The van der Waals surface area contributed by atoms with Gasteiger partial charge in [0.05, 0.1) is 0 Å². The van der Waals surface area contributed by atoms with Crippen molar-refractivity contribution < 1.29 is 0 Å². The predicted molar refractivity (Wildman–Crippen MR) is 78.6 cm³/mol. The Labute approximate surface area is 111 Å². The Hall–Kier alpha value is -1.02. The maximum absolute atomic E-state index is 5.69. The topological polar surface area (TPSA) is 29.3 Å². The monoisotopic (exact) mass is 246 g/mol. The Kier molecular flexibility index (Phi) is 4.65. The molecule has 1 atom stereocenters. The van der Waals surface area contributed by atoms with E-state index >= 15 is 0 Å². The molecule has 18 heavy (non-hydrogen) atoms. The number of rotatable bonds is 5. The van der Waals surface area contributed by atoms with Gasteiger partial charge in [-0.15, -0.1) is 0 Å². The van der Waals surface area contributed by atoms with Crippen LogP contribution in [0.5, 0.6) is 0 Å². The molecule has 1 saturated heterocycles. The molecule has 2 rings (SSSR count). The number of anilines is 1. The van der Waals surface area contributed by atoms with Crippen LogP contribution in [0.2, 0.25) is 0 Å². The van der Waals surface area contributed by atoms with Crippen molar-refractivity contribution in [3.63, 3.8) is 0 Å². The quantitative estimate of drug-likeness (QED) is 0.809. The molecule has 2 heteroatoms. The van der Waals surface area contributed by atoms with E-state index in [0.29, 0.717) is 0 Å². The van der Waals surface area contributed by atoms with E-state index < -0.39 is 0 Å². The van der Waals surface area contributed by atoms with Gasteiger partial charge >= 0.3 is 0 Å². The molecule has 0 radical (unpaired) electrons. The first-order valence-corrected chi connectivity index (χ1v) is 7.22. The summed E-state index contributed by atoms with van der Waals surface area (Å²) >= 11 is 0. The van der Waals surface area contributed by atoms with Crippen LogP contribution < -0.4 is 5.73 Å². The molecule has 1 aromatic carbocycles. The van der Waals surface area contributed by atoms with E-state index in [1.54, 1.807) is 0 Å². The van der Waals surface area contributed by atoms with Gasteiger partial charge in [0.1, 0.15) is 0 Å². The number of nitrogens with two attached hydrogens (primary N) is 1. The number of hydrogen-bond acceptors (Lipinski definition) is 2. The van der Waals surface area contributed by atoms with Crippen molar-refractivity contribution in [3.8, 4) is 0 Å². The van der Waals surface area contributed by atoms with Crippen LogP contribution in [0, 0.1) is 11.8 Å². The van der Waals surface area contributed by atoms with E-state index in [0.717, 1.165) is 17.5 Å². The van der Waals surface area contributed by atoms with Crippen molar-refractivity contribution in [3.05, 3.63) is 29.8 Å². The van der Waals surface area contributed by atoms with Crippen LogP contribution in [0.15, 0.2) is 24.3 Å². The van der Waals surface area contributed by atoms with Gasteiger partial charge in [0, 0.05) is 12.2 Å². The molecular weight excluding hydrogens is 220 g/mol. The fourth-order valence-electron chi connectivity index (χ4n) is 2.80. The molecule has 1 aliphatic rings. The molecule has 0 bridgehead atoms. The van der Waals surface area contributed by atoms with Crippen molar-refractivity contribution in [2.75, 3.05) is 25.4 Å². The summed E-state index contributed by atoms with van der Waals surface area (Å²) in [6.45, 7) is 8.54. The van der Waals surface area contributed by atoms with Gasteiger partial charge in [-0.3, -0.25) is 0 Å². The van der Waals surface area contributed by atoms with E-state index in [9.17, 15) is 0 Å². The van der Waals surface area contributed by atoms with E-state index in [4.69, 9.17) is 5.73 Å². The van der Waals surface area contributed by atoms with Gasteiger partial charge in [-0.2, -0.15) is 0 Å². The van der Waals surface area contributed by atoms with Crippen LogP contribution in [-0.4, -0.2) is 24.5 Å². The maximum Gasteiger partial charge on any atom is 0.0314 e. The Bertz CT molecular complexity index is 356. The third-order valence-electron chi connectivity index (χ3n) is 4.17. The van der Waals surface area contributed by atoms with Crippen LogP contribution in [0.4, 0.5) is 5.69 Å². The molecule has 1 unspecified atom stereocenters. The summed E-state index contributed by atoms with van der Waals surface area (Å²) in [6.07, 6.45) is 3.82. The summed E-state index contributed by atoms with van der Waals surface area (Å²) in [5.41, 5.74) is 7.96. The molecule has 1 aliphatic heterocycles. The number of hydrogen-bond donors (Lipinski definition) is 1. The fraction of sp³-hybridized carbons (Fsp3) is 0.625. The Morgan fingerprint density at radius 1 is 1.28 bits per heavy atom. The SMILES string of the molecule is CC(C)C1CCN(CCCc2ccc(N)cc2)C1. The molecule has 0 spiro atoms. The van der Waals surface area contributed by atoms with E-state index in [-0.39, 0.29) is 0 Å². The molecule has 1 aromatic rings. The second-order valence-corrected chi connectivity index (χ2v) is 5.94. The molecule has 0 aromatic heterocycles. The van der Waals surface area contributed by atoms with Crippen LogP contribution >= 0.6 is 0 Å². The van der Waals surface area contributed by atoms with Gasteiger partial charge in [-0.1, -0.05) is 26.0 Å². The van der Waals surface area contributed by atoms with Crippen molar-refractivity contribution >= 4 is 5.69 Å². The molecular formula is C16H26N2. The summed E-state index contributed by atoms with van der Waals surface area (Å²) in [6, 6.07) is 8.30. The molecule has 100 valence electrons. The molecule has 1 heterocycles. The zero-order valence-electron chi connectivity index (χ0n) is 11.7. The summed E-state index contributed by atoms with van der Waals surface area (Å²) in [5.74, 6) is 1.76. The minimum absolute atomic E-state index is 0.840. The molecule has 0 saturated carbocycles. The highest BCUT2D eigenvalue weighted by atomic mass is 15.1. The summed E-state index contributed by atoms with van der Waals surface area (Å²) in [7, 11) is 0. The van der Waals surface area contributed by atoms with Gasteiger partial charge in [0.25, 0.3) is 0 Å². The minimum Gasteiger partial charge on any atom is -0.399 e. The first-order chi connectivity index (χ1) is 8.65. The lowest BCUT2D eigenvalue weighted by molar-refractivity contribution is 0.300. The van der Waals surface area contributed by atoms with Gasteiger partial charge < -0.3 is 10.6 Å². The van der Waals surface area contributed by atoms with Gasteiger partial charge in [0.15, 0.2) is 0 Å². The number of nitrogen functional groups attached to an aromatic ring is 1. The van der Waals surface area contributed by atoms with Crippen LogP contribution in [0.1, 0.15) is 32.3 Å². The average molecular weight is 246 g/mol. The average Bonchev–Trinajstić information content (AvgIpc) is 2.81. The van der Waals surface area contributed by atoms with Gasteiger partial charge in [0.2, 0.25) is 0 Å². The largest absolute Gasteiger partial charge is 0.399 e. The van der Waals surface area contributed by atoms with Gasteiger partial charge in [-0.25, -0.2) is 0 Å². The highest BCUT2D eigenvalue weighted by molar-refractivity contribution is 5.39. The predicted octanol–water partition coefficient (Wildman–Crippen LogP) is 3.18. The lowest BCUT2D eigenvalue weighted by Crippen LogP contribution is -2.23. The van der Waals surface area contributed by atoms with Crippen molar-refractivity contribution in [1.82, 2.24) is 4.90 Å². The van der Waals surface area contributed by atoms with E-state index in [2.05, 4.69) is 30.9 Å². The minimum atomic E-state index is 0.840. The Balaban J connectivity index is 1.68. The van der Waals surface area contributed by atoms with Crippen LogP contribution in [0.3, 0.4) is 0 Å². The first-order valence-electron chi connectivity index (χ1n) is 7.22. The highest BCUT2D eigenvalue weighted by Crippen LogP contribution is 2.23. The smallest absolute Gasteiger partial charge is 0.0314 e. The molecule has 0 amide bonds. The Morgan fingerprint density at radius 2 is 2.00 bits per heavy atom. The number of benzene rings is 1. The third kappa shape index (κ3) is 3.74. The maximum atomic E-state index is 5.69.